The topological polar surface area (TPSA) is 75.2 Å². The monoisotopic (exact) mass is 546 g/mol. The number of hydrogen-bond donors (Lipinski definition) is 1. The second-order valence-corrected chi connectivity index (χ2v) is 9.49. The third kappa shape index (κ3) is 7.11. The van der Waals surface area contributed by atoms with Crippen molar-refractivity contribution in [2.24, 2.45) is 0 Å². The number of aromatic nitrogens is 2. The summed E-state index contributed by atoms with van der Waals surface area (Å²) in [5.41, 5.74) is 3.44. The predicted octanol–water partition coefficient (Wildman–Crippen LogP) is 7.26. The van der Waals surface area contributed by atoms with Gasteiger partial charge in [0.15, 0.2) is 5.78 Å². The van der Waals surface area contributed by atoms with E-state index in [1.807, 2.05) is 62.2 Å². The van der Waals surface area contributed by atoms with Crippen LogP contribution in [0.1, 0.15) is 46.0 Å². The van der Waals surface area contributed by atoms with Crippen molar-refractivity contribution < 1.29 is 22.8 Å². The zero-order valence-electron chi connectivity index (χ0n) is 22.4. The molecule has 0 bridgehead atoms. The first-order chi connectivity index (χ1) is 19.0. The van der Waals surface area contributed by atoms with Gasteiger partial charge in [0.2, 0.25) is 5.95 Å². The Morgan fingerprint density at radius 2 is 1.65 bits per heavy atom. The van der Waals surface area contributed by atoms with Crippen molar-refractivity contribution in [2.75, 3.05) is 17.3 Å². The molecule has 0 atom stereocenters. The molecular formula is C31H29F3N4O2. The van der Waals surface area contributed by atoms with Gasteiger partial charge in [-0.1, -0.05) is 43.3 Å². The van der Waals surface area contributed by atoms with Gasteiger partial charge in [-0.05, 0) is 60.0 Å². The summed E-state index contributed by atoms with van der Waals surface area (Å²) in [5.74, 6) is 0.894. The first-order valence-electron chi connectivity index (χ1n) is 12.8. The Kier molecular flexibility index (Phi) is 8.62. The first kappa shape index (κ1) is 28.5. The first-order valence-corrected chi connectivity index (χ1v) is 12.8. The number of halogens is 3. The number of nitrogens with one attached hydrogen (secondary N) is 1. The molecule has 0 spiro atoms. The van der Waals surface area contributed by atoms with E-state index >= 15 is 0 Å². The second kappa shape index (κ2) is 12.1. The quantitative estimate of drug-likeness (QED) is 0.211. The van der Waals surface area contributed by atoms with Gasteiger partial charge in [0.05, 0.1) is 5.56 Å². The van der Waals surface area contributed by atoms with Crippen LogP contribution in [-0.4, -0.2) is 28.6 Å². The predicted molar refractivity (Wildman–Crippen MR) is 149 cm³/mol. The van der Waals surface area contributed by atoms with Gasteiger partial charge in [0.1, 0.15) is 11.6 Å². The molecule has 206 valence electrons. The van der Waals surface area contributed by atoms with Gasteiger partial charge in [0, 0.05) is 49.4 Å². The highest BCUT2D eigenvalue weighted by molar-refractivity contribution is 5.98. The van der Waals surface area contributed by atoms with Crippen molar-refractivity contribution in [1.82, 2.24) is 9.97 Å². The smallest absolute Gasteiger partial charge is 0.329 e. The Morgan fingerprint density at radius 1 is 0.925 bits per heavy atom. The summed E-state index contributed by atoms with van der Waals surface area (Å²) in [7, 11) is 1.85. The van der Waals surface area contributed by atoms with Crippen LogP contribution < -0.4 is 10.2 Å². The third-order valence-electron chi connectivity index (χ3n) is 6.48. The Labute approximate surface area is 230 Å². The van der Waals surface area contributed by atoms with Crippen LogP contribution in [0.15, 0.2) is 79.0 Å². The van der Waals surface area contributed by atoms with Crippen LogP contribution >= 0.6 is 0 Å². The molecule has 0 unspecified atom stereocenters. The van der Waals surface area contributed by atoms with Gasteiger partial charge >= 0.3 is 6.18 Å². The number of carbonyl (C=O) groups is 2. The fourth-order valence-corrected chi connectivity index (χ4v) is 4.26. The Balaban J connectivity index is 1.41. The molecule has 1 N–H and O–H groups in total. The molecule has 40 heavy (non-hydrogen) atoms. The highest BCUT2D eigenvalue weighted by Crippen LogP contribution is 2.30. The highest BCUT2D eigenvalue weighted by Gasteiger charge is 2.30. The number of nitrogens with zero attached hydrogens (tertiary/aromatic N) is 3. The summed E-state index contributed by atoms with van der Waals surface area (Å²) >= 11 is 0. The maximum absolute atomic E-state index is 13.0. The lowest BCUT2D eigenvalue weighted by atomic mass is 10.0. The highest BCUT2D eigenvalue weighted by atomic mass is 19.4. The van der Waals surface area contributed by atoms with Crippen LogP contribution in [0, 0.1) is 6.92 Å². The molecule has 9 heteroatoms. The lowest BCUT2D eigenvalue weighted by molar-refractivity contribution is -0.137. The lowest BCUT2D eigenvalue weighted by Crippen LogP contribution is -2.13. The summed E-state index contributed by atoms with van der Waals surface area (Å²) in [6, 6.07) is 19.5. The average Bonchev–Trinajstić information content (AvgIpc) is 2.93. The number of hydrogen-bond acceptors (Lipinski definition) is 6. The number of aryl methyl sites for hydroxylation is 1. The van der Waals surface area contributed by atoms with E-state index in [-0.39, 0.29) is 24.4 Å². The number of rotatable bonds is 10. The van der Waals surface area contributed by atoms with Gasteiger partial charge in [0.25, 0.3) is 0 Å². The second-order valence-electron chi connectivity index (χ2n) is 9.49. The summed E-state index contributed by atoms with van der Waals surface area (Å²) in [6.07, 6.45) is -2.35. The van der Waals surface area contributed by atoms with Gasteiger partial charge in [-0.25, -0.2) is 4.98 Å². The number of benzene rings is 3. The van der Waals surface area contributed by atoms with Crippen LogP contribution in [0.4, 0.5) is 36.3 Å². The normalized spacial score (nSPS) is 11.2. The minimum atomic E-state index is -4.44. The van der Waals surface area contributed by atoms with E-state index in [1.165, 1.54) is 12.1 Å². The van der Waals surface area contributed by atoms with Crippen molar-refractivity contribution in [2.45, 2.75) is 39.3 Å². The third-order valence-corrected chi connectivity index (χ3v) is 6.48. The molecular weight excluding hydrogens is 517 g/mol. The molecule has 0 fully saturated rings. The number of anilines is 4. The Morgan fingerprint density at radius 3 is 2.35 bits per heavy atom. The molecule has 4 aromatic rings. The van der Waals surface area contributed by atoms with Crippen LogP contribution in [-0.2, 0) is 23.8 Å². The summed E-state index contributed by atoms with van der Waals surface area (Å²) < 4.78 is 38.9. The maximum atomic E-state index is 13.0. The summed E-state index contributed by atoms with van der Waals surface area (Å²) in [6.45, 7) is 3.73. The van der Waals surface area contributed by atoms with E-state index in [9.17, 15) is 22.8 Å². The van der Waals surface area contributed by atoms with E-state index < -0.39 is 11.7 Å². The van der Waals surface area contributed by atoms with Crippen molar-refractivity contribution in [3.8, 4) is 0 Å². The standard InChI is InChI=1S/C31H29F3N4O2/c1-4-28(40)27-19-24(11-8-20(27)2)36-30-35-15-14-29(37-30)38(3)25-12-9-21(10-13-25)17-26(39)18-22-6-5-7-23(16-22)31(32,33)34/h5-16,19H,4,17-18H2,1-3H3,(H,35,36,37). The maximum Gasteiger partial charge on any atom is 0.416 e. The SMILES string of the molecule is CCC(=O)c1cc(Nc2nccc(N(C)c3ccc(CC(=O)Cc4cccc(C(F)(F)F)c4)cc3)n2)ccc1C. The summed E-state index contributed by atoms with van der Waals surface area (Å²) in [5, 5.41) is 3.16. The van der Waals surface area contributed by atoms with Crippen molar-refractivity contribution >= 4 is 34.7 Å². The largest absolute Gasteiger partial charge is 0.416 e. The fraction of sp³-hybridized carbons (Fsp3) is 0.226. The molecule has 0 aliphatic carbocycles. The van der Waals surface area contributed by atoms with E-state index in [1.54, 1.807) is 18.3 Å². The van der Waals surface area contributed by atoms with Gasteiger partial charge in [-0.15, -0.1) is 0 Å². The fourth-order valence-electron chi connectivity index (χ4n) is 4.26. The molecule has 6 nitrogen and oxygen atoms in total. The molecule has 0 amide bonds. The van der Waals surface area contributed by atoms with E-state index in [0.717, 1.165) is 28.9 Å². The minimum absolute atomic E-state index is 0.0661. The number of alkyl halides is 3. The van der Waals surface area contributed by atoms with Gasteiger partial charge in [-0.3, -0.25) is 9.59 Å². The molecule has 1 aromatic heterocycles. The summed E-state index contributed by atoms with van der Waals surface area (Å²) in [4.78, 5) is 35.5. The molecule has 0 radical (unpaired) electrons. The zero-order valence-corrected chi connectivity index (χ0v) is 22.4. The average molecular weight is 547 g/mol. The van der Waals surface area contributed by atoms with Crippen molar-refractivity contribution in [1.29, 1.82) is 0 Å². The Hall–Kier alpha value is -4.53. The molecule has 0 saturated heterocycles. The molecule has 0 aliphatic rings. The van der Waals surface area contributed by atoms with Gasteiger partial charge < -0.3 is 10.2 Å². The Bertz CT molecular complexity index is 1520. The molecule has 0 saturated carbocycles. The lowest BCUT2D eigenvalue weighted by Gasteiger charge is -2.19. The van der Waals surface area contributed by atoms with E-state index in [4.69, 9.17) is 0 Å². The van der Waals surface area contributed by atoms with Crippen molar-refractivity contribution in [3.05, 3.63) is 107 Å². The molecule has 0 aliphatic heterocycles. The molecule has 3 aromatic carbocycles. The van der Waals surface area contributed by atoms with Gasteiger partial charge in [-0.2, -0.15) is 18.2 Å². The number of Topliss-reactive ketones (excluding diaryl/α,β-unsaturated/α-hetero) is 2. The molecule has 4 rings (SSSR count). The van der Waals surface area contributed by atoms with Crippen molar-refractivity contribution in [3.63, 3.8) is 0 Å². The minimum Gasteiger partial charge on any atom is -0.329 e. The number of ketones is 2. The van der Waals surface area contributed by atoms with Crippen LogP contribution in [0.5, 0.6) is 0 Å². The zero-order chi connectivity index (χ0) is 28.9. The van der Waals surface area contributed by atoms with Crippen LogP contribution in [0.2, 0.25) is 0 Å². The number of carbonyl (C=O) groups excluding carboxylic acids is 2. The van der Waals surface area contributed by atoms with E-state index in [0.29, 0.717) is 35.0 Å². The van der Waals surface area contributed by atoms with E-state index in [2.05, 4.69) is 15.3 Å². The van der Waals surface area contributed by atoms with Crippen LogP contribution in [0.3, 0.4) is 0 Å². The molecule has 1 heterocycles. The van der Waals surface area contributed by atoms with Crippen LogP contribution in [0.25, 0.3) is 0 Å².